The van der Waals surface area contributed by atoms with Crippen LogP contribution in [0, 0.1) is 11.6 Å². The predicted octanol–water partition coefficient (Wildman–Crippen LogP) is 1.63. The van der Waals surface area contributed by atoms with Crippen molar-refractivity contribution in [2.75, 3.05) is 12.0 Å². The Bertz CT molecular complexity index is 504. The Morgan fingerprint density at radius 3 is 2.78 bits per heavy atom. The Morgan fingerprint density at radius 2 is 2.17 bits per heavy atom. The first-order chi connectivity index (χ1) is 8.54. The highest BCUT2D eigenvalue weighted by Gasteiger charge is 2.39. The Morgan fingerprint density at radius 1 is 1.44 bits per heavy atom. The summed E-state index contributed by atoms with van der Waals surface area (Å²) in [7, 11) is 1.20. The van der Waals surface area contributed by atoms with Crippen LogP contribution in [0.2, 0.25) is 0 Å². The zero-order valence-electron chi connectivity index (χ0n) is 9.65. The molecule has 1 aliphatic heterocycles. The maximum Gasteiger partial charge on any atom is 0.328 e. The fourth-order valence-corrected chi connectivity index (χ4v) is 2.02. The number of amides is 1. The van der Waals surface area contributed by atoms with Gasteiger partial charge >= 0.3 is 5.97 Å². The molecule has 0 bridgehead atoms. The Balaban J connectivity index is 2.39. The van der Waals surface area contributed by atoms with Crippen LogP contribution in [-0.4, -0.2) is 25.0 Å². The molecule has 1 heterocycles. The average molecular weight is 255 g/mol. The maximum absolute atomic E-state index is 13.6. The largest absolute Gasteiger partial charge is 0.467 e. The SMILES string of the molecule is COC(=O)C1CCC(=O)N1c1ccc(F)cc1F. The van der Waals surface area contributed by atoms with Gasteiger partial charge in [0.15, 0.2) is 0 Å². The predicted molar refractivity (Wildman–Crippen MR) is 58.9 cm³/mol. The molecule has 1 unspecified atom stereocenters. The van der Waals surface area contributed by atoms with Gasteiger partial charge < -0.3 is 4.74 Å². The van der Waals surface area contributed by atoms with Crippen LogP contribution in [0.5, 0.6) is 0 Å². The molecule has 1 saturated heterocycles. The molecule has 1 aromatic rings. The Kier molecular flexibility index (Phi) is 3.27. The number of carbonyl (C=O) groups excluding carboxylic acids is 2. The second kappa shape index (κ2) is 4.72. The number of rotatable bonds is 2. The van der Waals surface area contributed by atoms with Gasteiger partial charge in [-0.25, -0.2) is 13.6 Å². The van der Waals surface area contributed by atoms with Crippen molar-refractivity contribution in [3.63, 3.8) is 0 Å². The molecule has 2 rings (SSSR count). The van der Waals surface area contributed by atoms with Gasteiger partial charge in [0.25, 0.3) is 0 Å². The van der Waals surface area contributed by atoms with Gasteiger partial charge in [0, 0.05) is 12.5 Å². The van der Waals surface area contributed by atoms with Crippen LogP contribution >= 0.6 is 0 Å². The second-order valence-electron chi connectivity index (χ2n) is 3.94. The van der Waals surface area contributed by atoms with E-state index in [1.165, 1.54) is 7.11 Å². The molecule has 0 radical (unpaired) electrons. The zero-order chi connectivity index (χ0) is 13.3. The van der Waals surface area contributed by atoms with Crippen LogP contribution in [0.3, 0.4) is 0 Å². The molecule has 4 nitrogen and oxygen atoms in total. The highest BCUT2D eigenvalue weighted by molar-refractivity contribution is 6.02. The lowest BCUT2D eigenvalue weighted by Crippen LogP contribution is -2.39. The normalized spacial score (nSPS) is 19.2. The smallest absolute Gasteiger partial charge is 0.328 e. The van der Waals surface area contributed by atoms with E-state index >= 15 is 0 Å². The van der Waals surface area contributed by atoms with E-state index in [0.717, 1.165) is 17.0 Å². The quantitative estimate of drug-likeness (QED) is 0.755. The van der Waals surface area contributed by atoms with E-state index in [4.69, 9.17) is 0 Å². The fourth-order valence-electron chi connectivity index (χ4n) is 2.02. The van der Waals surface area contributed by atoms with Crippen LogP contribution < -0.4 is 4.90 Å². The van der Waals surface area contributed by atoms with Crippen LogP contribution in [0.25, 0.3) is 0 Å². The van der Waals surface area contributed by atoms with Crippen LogP contribution in [0.1, 0.15) is 12.8 Å². The third-order valence-corrected chi connectivity index (χ3v) is 2.85. The number of carbonyl (C=O) groups is 2. The molecule has 96 valence electrons. The lowest BCUT2D eigenvalue weighted by Gasteiger charge is -2.23. The van der Waals surface area contributed by atoms with E-state index < -0.39 is 23.6 Å². The van der Waals surface area contributed by atoms with E-state index in [9.17, 15) is 18.4 Å². The lowest BCUT2D eigenvalue weighted by atomic mass is 10.2. The van der Waals surface area contributed by atoms with Crippen molar-refractivity contribution in [1.29, 1.82) is 0 Å². The van der Waals surface area contributed by atoms with Gasteiger partial charge in [-0.15, -0.1) is 0 Å². The van der Waals surface area contributed by atoms with Gasteiger partial charge in [-0.05, 0) is 18.6 Å². The molecule has 0 spiro atoms. The van der Waals surface area contributed by atoms with Crippen molar-refractivity contribution < 1.29 is 23.1 Å². The monoisotopic (exact) mass is 255 g/mol. The number of methoxy groups -OCH3 is 1. The summed E-state index contributed by atoms with van der Waals surface area (Å²) >= 11 is 0. The summed E-state index contributed by atoms with van der Waals surface area (Å²) < 4.78 is 31.0. The van der Waals surface area contributed by atoms with Crippen molar-refractivity contribution in [1.82, 2.24) is 0 Å². The van der Waals surface area contributed by atoms with E-state index in [1.807, 2.05) is 0 Å². The number of ether oxygens (including phenoxy) is 1. The van der Waals surface area contributed by atoms with Gasteiger partial charge in [0.05, 0.1) is 12.8 Å². The van der Waals surface area contributed by atoms with Gasteiger partial charge in [-0.3, -0.25) is 9.69 Å². The number of nitrogens with zero attached hydrogens (tertiary/aromatic N) is 1. The highest BCUT2D eigenvalue weighted by Crippen LogP contribution is 2.29. The molecule has 1 fully saturated rings. The minimum Gasteiger partial charge on any atom is -0.467 e. The van der Waals surface area contributed by atoms with Crippen molar-refractivity contribution >= 4 is 17.6 Å². The van der Waals surface area contributed by atoms with Gasteiger partial charge in [-0.1, -0.05) is 0 Å². The average Bonchev–Trinajstić information content (AvgIpc) is 2.70. The molecule has 6 heteroatoms. The Hall–Kier alpha value is -1.98. The lowest BCUT2D eigenvalue weighted by molar-refractivity contribution is -0.142. The molecule has 1 amide bonds. The summed E-state index contributed by atoms with van der Waals surface area (Å²) in [6.07, 6.45) is 0.402. The molecule has 1 aliphatic rings. The molecule has 0 saturated carbocycles. The summed E-state index contributed by atoms with van der Waals surface area (Å²) in [6, 6.07) is 2.01. The van der Waals surface area contributed by atoms with Crippen molar-refractivity contribution in [3.05, 3.63) is 29.8 Å². The van der Waals surface area contributed by atoms with E-state index in [2.05, 4.69) is 4.74 Å². The summed E-state index contributed by atoms with van der Waals surface area (Å²) in [5.74, 6) is -2.60. The summed E-state index contributed by atoms with van der Waals surface area (Å²) in [5.41, 5.74) is -0.102. The summed E-state index contributed by atoms with van der Waals surface area (Å²) in [4.78, 5) is 24.2. The molecule has 0 N–H and O–H groups in total. The number of anilines is 1. The molecule has 0 aromatic heterocycles. The fraction of sp³-hybridized carbons (Fsp3) is 0.333. The zero-order valence-corrected chi connectivity index (χ0v) is 9.65. The first-order valence-electron chi connectivity index (χ1n) is 5.39. The topological polar surface area (TPSA) is 46.6 Å². The molecule has 0 aliphatic carbocycles. The number of benzene rings is 1. The number of halogens is 2. The van der Waals surface area contributed by atoms with Gasteiger partial charge in [0.2, 0.25) is 5.91 Å². The Labute approximate surface area is 102 Å². The molecule has 1 atom stereocenters. The number of hydrogen-bond donors (Lipinski definition) is 0. The second-order valence-corrected chi connectivity index (χ2v) is 3.94. The molecule has 18 heavy (non-hydrogen) atoms. The minimum atomic E-state index is -0.876. The summed E-state index contributed by atoms with van der Waals surface area (Å²) in [6.45, 7) is 0. The first kappa shape index (κ1) is 12.5. The standard InChI is InChI=1S/C12H11F2NO3/c1-18-12(17)10-4-5-11(16)15(10)9-3-2-7(13)6-8(9)14/h2-3,6,10H,4-5H2,1H3. The van der Waals surface area contributed by atoms with Gasteiger partial charge in [-0.2, -0.15) is 0 Å². The van der Waals surface area contributed by atoms with E-state index in [-0.39, 0.29) is 24.4 Å². The van der Waals surface area contributed by atoms with Crippen LogP contribution in [0.4, 0.5) is 14.5 Å². The highest BCUT2D eigenvalue weighted by atomic mass is 19.1. The van der Waals surface area contributed by atoms with Crippen molar-refractivity contribution in [3.8, 4) is 0 Å². The third kappa shape index (κ3) is 2.05. The minimum absolute atomic E-state index is 0.102. The van der Waals surface area contributed by atoms with E-state index in [0.29, 0.717) is 6.07 Å². The summed E-state index contributed by atoms with van der Waals surface area (Å²) in [5, 5.41) is 0. The van der Waals surface area contributed by atoms with Crippen LogP contribution in [-0.2, 0) is 14.3 Å². The van der Waals surface area contributed by atoms with Crippen molar-refractivity contribution in [2.24, 2.45) is 0 Å². The van der Waals surface area contributed by atoms with Crippen molar-refractivity contribution in [2.45, 2.75) is 18.9 Å². The van der Waals surface area contributed by atoms with Gasteiger partial charge in [0.1, 0.15) is 17.7 Å². The molecule has 1 aromatic carbocycles. The third-order valence-electron chi connectivity index (χ3n) is 2.85. The first-order valence-corrected chi connectivity index (χ1v) is 5.39. The van der Waals surface area contributed by atoms with Crippen LogP contribution in [0.15, 0.2) is 18.2 Å². The van der Waals surface area contributed by atoms with E-state index in [1.54, 1.807) is 0 Å². The number of esters is 1. The molecular formula is C12H11F2NO3. The maximum atomic E-state index is 13.6. The number of hydrogen-bond acceptors (Lipinski definition) is 3. The molecular weight excluding hydrogens is 244 g/mol.